The lowest BCUT2D eigenvalue weighted by Gasteiger charge is -2.25. The molecule has 14 heavy (non-hydrogen) atoms. The van der Waals surface area contributed by atoms with E-state index in [9.17, 15) is 0 Å². The molecular weight excluding hydrogens is 172 g/mol. The zero-order valence-electron chi connectivity index (χ0n) is 10.7. The fraction of sp³-hybridized carbons (Fsp3) is 1.00. The minimum absolute atomic E-state index is 0.0874. The summed E-state index contributed by atoms with van der Waals surface area (Å²) in [4.78, 5) is 0. The fourth-order valence-electron chi connectivity index (χ4n) is 1.50. The van der Waals surface area contributed by atoms with Crippen molar-refractivity contribution in [3.8, 4) is 0 Å². The molecule has 0 aliphatic heterocycles. The Labute approximate surface area is 90.2 Å². The van der Waals surface area contributed by atoms with Gasteiger partial charge in [0.2, 0.25) is 0 Å². The van der Waals surface area contributed by atoms with Crippen molar-refractivity contribution in [1.82, 2.24) is 0 Å². The van der Waals surface area contributed by atoms with Crippen LogP contribution in [0.4, 0.5) is 0 Å². The van der Waals surface area contributed by atoms with Crippen molar-refractivity contribution in [1.29, 1.82) is 0 Å². The molecule has 0 amide bonds. The lowest BCUT2D eigenvalue weighted by Crippen LogP contribution is -2.25. The number of hydrogen-bond acceptors (Lipinski definition) is 1. The zero-order valence-corrected chi connectivity index (χ0v) is 10.7. The highest BCUT2D eigenvalue weighted by Gasteiger charge is 2.17. The number of hydrogen-bond donors (Lipinski definition) is 0. The van der Waals surface area contributed by atoms with E-state index in [1.807, 2.05) is 0 Å². The van der Waals surface area contributed by atoms with Crippen molar-refractivity contribution in [3.05, 3.63) is 0 Å². The Hall–Kier alpha value is -0.0400. The SMILES string of the molecule is CCCCOC(C)(C)CCCC(C)C. The van der Waals surface area contributed by atoms with Gasteiger partial charge in [-0.2, -0.15) is 0 Å². The molecule has 0 rings (SSSR count). The molecule has 0 heterocycles. The topological polar surface area (TPSA) is 9.23 Å². The molecule has 0 radical (unpaired) electrons. The van der Waals surface area contributed by atoms with Gasteiger partial charge in [0.25, 0.3) is 0 Å². The van der Waals surface area contributed by atoms with Gasteiger partial charge < -0.3 is 4.74 Å². The molecule has 0 unspecified atom stereocenters. The van der Waals surface area contributed by atoms with E-state index in [-0.39, 0.29) is 5.60 Å². The second kappa shape index (κ2) is 7.28. The largest absolute Gasteiger partial charge is 0.376 e. The molecule has 0 bridgehead atoms. The Balaban J connectivity index is 3.50. The third-order valence-electron chi connectivity index (χ3n) is 2.55. The molecule has 1 heteroatoms. The highest BCUT2D eigenvalue weighted by molar-refractivity contribution is 4.68. The van der Waals surface area contributed by atoms with Crippen LogP contribution in [0.3, 0.4) is 0 Å². The Kier molecular flexibility index (Phi) is 7.26. The van der Waals surface area contributed by atoms with Crippen molar-refractivity contribution in [2.75, 3.05) is 6.61 Å². The molecule has 0 saturated carbocycles. The summed E-state index contributed by atoms with van der Waals surface area (Å²) in [5.41, 5.74) is 0.0874. The first-order chi connectivity index (χ1) is 6.48. The molecule has 0 saturated heterocycles. The van der Waals surface area contributed by atoms with Crippen molar-refractivity contribution in [2.24, 2.45) is 5.92 Å². The molecule has 0 aromatic carbocycles. The van der Waals surface area contributed by atoms with Gasteiger partial charge in [-0.05, 0) is 32.6 Å². The molecular formula is C13H28O. The molecule has 0 aliphatic carbocycles. The smallest absolute Gasteiger partial charge is 0.0626 e. The standard InChI is InChI=1S/C13H28O/c1-6-7-11-14-13(4,5)10-8-9-12(2)3/h12H,6-11H2,1-5H3. The molecule has 0 fully saturated rings. The summed E-state index contributed by atoms with van der Waals surface area (Å²) in [6.07, 6.45) is 6.21. The van der Waals surface area contributed by atoms with Crippen LogP contribution in [0.5, 0.6) is 0 Å². The second-order valence-electron chi connectivity index (χ2n) is 5.25. The quantitative estimate of drug-likeness (QED) is 0.527. The van der Waals surface area contributed by atoms with Gasteiger partial charge in [0.05, 0.1) is 5.60 Å². The summed E-state index contributed by atoms with van der Waals surface area (Å²) in [7, 11) is 0. The Morgan fingerprint density at radius 3 is 2.29 bits per heavy atom. The minimum Gasteiger partial charge on any atom is -0.376 e. The Morgan fingerprint density at radius 2 is 1.79 bits per heavy atom. The molecule has 86 valence electrons. The maximum Gasteiger partial charge on any atom is 0.0626 e. The first-order valence-electron chi connectivity index (χ1n) is 6.12. The lowest BCUT2D eigenvalue weighted by molar-refractivity contribution is -0.0265. The van der Waals surface area contributed by atoms with Crippen LogP contribution >= 0.6 is 0 Å². The van der Waals surface area contributed by atoms with Gasteiger partial charge in [-0.15, -0.1) is 0 Å². The third-order valence-corrected chi connectivity index (χ3v) is 2.55. The summed E-state index contributed by atoms with van der Waals surface area (Å²) in [5.74, 6) is 0.821. The summed E-state index contributed by atoms with van der Waals surface area (Å²) in [6.45, 7) is 12.1. The summed E-state index contributed by atoms with van der Waals surface area (Å²) < 4.78 is 5.85. The van der Waals surface area contributed by atoms with Gasteiger partial charge in [-0.3, -0.25) is 0 Å². The predicted molar refractivity (Wildman–Crippen MR) is 63.6 cm³/mol. The van der Waals surface area contributed by atoms with E-state index in [2.05, 4.69) is 34.6 Å². The molecule has 1 nitrogen and oxygen atoms in total. The fourth-order valence-corrected chi connectivity index (χ4v) is 1.50. The van der Waals surface area contributed by atoms with Crippen molar-refractivity contribution < 1.29 is 4.74 Å². The highest BCUT2D eigenvalue weighted by atomic mass is 16.5. The lowest BCUT2D eigenvalue weighted by atomic mass is 9.97. The molecule has 0 aliphatic rings. The second-order valence-corrected chi connectivity index (χ2v) is 5.25. The van der Waals surface area contributed by atoms with E-state index in [1.165, 1.54) is 32.1 Å². The van der Waals surface area contributed by atoms with Gasteiger partial charge in [-0.25, -0.2) is 0 Å². The summed E-state index contributed by atoms with van der Waals surface area (Å²) >= 11 is 0. The van der Waals surface area contributed by atoms with Crippen LogP contribution in [0.15, 0.2) is 0 Å². The Bertz CT molecular complexity index is 127. The monoisotopic (exact) mass is 200 g/mol. The molecule has 0 spiro atoms. The van der Waals surface area contributed by atoms with E-state index >= 15 is 0 Å². The number of rotatable bonds is 8. The van der Waals surface area contributed by atoms with Gasteiger partial charge in [0, 0.05) is 6.61 Å². The van der Waals surface area contributed by atoms with E-state index in [0.717, 1.165) is 12.5 Å². The molecule has 0 atom stereocenters. The minimum atomic E-state index is 0.0874. The highest BCUT2D eigenvalue weighted by Crippen LogP contribution is 2.20. The van der Waals surface area contributed by atoms with E-state index in [4.69, 9.17) is 4.74 Å². The number of unbranched alkanes of at least 4 members (excludes halogenated alkanes) is 1. The van der Waals surface area contributed by atoms with Crippen LogP contribution in [0.2, 0.25) is 0 Å². The first kappa shape index (κ1) is 14.0. The normalized spacial score (nSPS) is 12.4. The predicted octanol–water partition coefficient (Wildman–Crippen LogP) is 4.41. The van der Waals surface area contributed by atoms with Crippen molar-refractivity contribution in [3.63, 3.8) is 0 Å². The third kappa shape index (κ3) is 8.55. The summed E-state index contributed by atoms with van der Waals surface area (Å²) in [6, 6.07) is 0. The van der Waals surface area contributed by atoms with Gasteiger partial charge in [-0.1, -0.05) is 40.0 Å². The molecule has 0 aromatic rings. The van der Waals surface area contributed by atoms with Gasteiger partial charge in [0.15, 0.2) is 0 Å². The first-order valence-corrected chi connectivity index (χ1v) is 6.12. The maximum absolute atomic E-state index is 5.85. The van der Waals surface area contributed by atoms with Crippen LogP contribution in [0.1, 0.15) is 66.7 Å². The molecule has 0 aromatic heterocycles. The van der Waals surface area contributed by atoms with E-state index in [0.29, 0.717) is 0 Å². The van der Waals surface area contributed by atoms with Crippen molar-refractivity contribution >= 4 is 0 Å². The van der Waals surface area contributed by atoms with Gasteiger partial charge >= 0.3 is 0 Å². The van der Waals surface area contributed by atoms with Crippen molar-refractivity contribution in [2.45, 2.75) is 72.3 Å². The van der Waals surface area contributed by atoms with Gasteiger partial charge in [0.1, 0.15) is 0 Å². The van der Waals surface area contributed by atoms with E-state index in [1.54, 1.807) is 0 Å². The van der Waals surface area contributed by atoms with Crippen LogP contribution in [0, 0.1) is 5.92 Å². The van der Waals surface area contributed by atoms with Crippen LogP contribution in [-0.2, 0) is 4.74 Å². The molecule has 0 N–H and O–H groups in total. The number of ether oxygens (including phenoxy) is 1. The van der Waals surface area contributed by atoms with Crippen LogP contribution in [-0.4, -0.2) is 12.2 Å². The van der Waals surface area contributed by atoms with Crippen LogP contribution < -0.4 is 0 Å². The van der Waals surface area contributed by atoms with Crippen LogP contribution in [0.25, 0.3) is 0 Å². The zero-order chi connectivity index (χ0) is 11.0. The Morgan fingerprint density at radius 1 is 1.14 bits per heavy atom. The maximum atomic E-state index is 5.85. The summed E-state index contributed by atoms with van der Waals surface area (Å²) in [5, 5.41) is 0. The van der Waals surface area contributed by atoms with E-state index < -0.39 is 0 Å². The average molecular weight is 200 g/mol. The average Bonchev–Trinajstić information content (AvgIpc) is 2.03.